The highest BCUT2D eigenvalue weighted by molar-refractivity contribution is 5.81. The summed E-state index contributed by atoms with van der Waals surface area (Å²) in [5.74, 6) is 1.40. The van der Waals surface area contributed by atoms with Gasteiger partial charge in [0.2, 0.25) is 0 Å². The van der Waals surface area contributed by atoms with Crippen LogP contribution in [0.25, 0.3) is 0 Å². The largest absolute Gasteiger partial charge is 0.497 e. The molecule has 2 atom stereocenters. The van der Waals surface area contributed by atoms with Gasteiger partial charge in [0, 0.05) is 0 Å². The van der Waals surface area contributed by atoms with Crippen molar-refractivity contribution in [2.45, 2.75) is 46.3 Å². The zero-order valence-electron chi connectivity index (χ0n) is 15.6. The van der Waals surface area contributed by atoms with Crippen LogP contribution >= 0.6 is 0 Å². The SMILES string of the molecule is CC[C@@H](NC(=O)[C@H](C)Oc1cc(C)cc(C)c1)c1ccc(OC)cc1. The number of aryl methyl sites for hydroxylation is 2. The Morgan fingerprint density at radius 2 is 1.64 bits per heavy atom. The van der Waals surface area contributed by atoms with E-state index in [0.717, 1.165) is 34.6 Å². The Labute approximate surface area is 150 Å². The molecule has 0 aliphatic heterocycles. The van der Waals surface area contributed by atoms with Crippen LogP contribution in [-0.4, -0.2) is 19.1 Å². The summed E-state index contributed by atoms with van der Waals surface area (Å²) in [6.07, 6.45) is 0.238. The Morgan fingerprint density at radius 1 is 1.04 bits per heavy atom. The lowest BCUT2D eigenvalue weighted by molar-refractivity contribution is -0.128. The van der Waals surface area contributed by atoms with Crippen molar-refractivity contribution in [3.05, 3.63) is 59.2 Å². The smallest absolute Gasteiger partial charge is 0.261 e. The van der Waals surface area contributed by atoms with E-state index in [4.69, 9.17) is 9.47 Å². The Hall–Kier alpha value is -2.49. The standard InChI is InChI=1S/C21H27NO3/c1-6-20(17-7-9-18(24-5)10-8-17)22-21(23)16(4)25-19-12-14(2)11-15(3)13-19/h7-13,16,20H,6H2,1-5H3,(H,22,23)/t16-,20+/m0/s1. The number of hydrogen-bond acceptors (Lipinski definition) is 3. The van der Waals surface area contributed by atoms with E-state index in [1.165, 1.54) is 0 Å². The number of carbonyl (C=O) groups is 1. The Morgan fingerprint density at radius 3 is 2.16 bits per heavy atom. The third-order valence-electron chi connectivity index (χ3n) is 4.12. The molecule has 2 rings (SSSR count). The maximum atomic E-state index is 12.5. The molecule has 1 amide bonds. The molecular weight excluding hydrogens is 314 g/mol. The Kier molecular flexibility index (Phi) is 6.45. The highest BCUT2D eigenvalue weighted by Crippen LogP contribution is 2.21. The molecule has 0 bridgehead atoms. The van der Waals surface area contributed by atoms with Crippen LogP contribution in [0.4, 0.5) is 0 Å². The van der Waals surface area contributed by atoms with Crippen molar-refractivity contribution < 1.29 is 14.3 Å². The van der Waals surface area contributed by atoms with Gasteiger partial charge in [0.05, 0.1) is 13.2 Å². The van der Waals surface area contributed by atoms with Gasteiger partial charge in [-0.3, -0.25) is 4.79 Å². The van der Waals surface area contributed by atoms with Crippen LogP contribution in [0.3, 0.4) is 0 Å². The topological polar surface area (TPSA) is 47.6 Å². The molecular formula is C21H27NO3. The minimum atomic E-state index is -0.562. The Balaban J connectivity index is 2.02. The molecule has 4 heteroatoms. The van der Waals surface area contributed by atoms with Crippen molar-refractivity contribution in [3.8, 4) is 11.5 Å². The molecule has 0 radical (unpaired) electrons. The van der Waals surface area contributed by atoms with E-state index in [0.29, 0.717) is 0 Å². The van der Waals surface area contributed by atoms with Crippen LogP contribution in [0.2, 0.25) is 0 Å². The van der Waals surface area contributed by atoms with Gasteiger partial charge in [-0.05, 0) is 68.1 Å². The summed E-state index contributed by atoms with van der Waals surface area (Å²) >= 11 is 0. The van der Waals surface area contributed by atoms with Gasteiger partial charge in [0.1, 0.15) is 11.5 Å². The number of nitrogens with one attached hydrogen (secondary N) is 1. The second kappa shape index (κ2) is 8.56. The molecule has 0 spiro atoms. The third kappa shape index (κ3) is 5.24. The van der Waals surface area contributed by atoms with Gasteiger partial charge in [-0.25, -0.2) is 0 Å². The molecule has 0 aromatic heterocycles. The van der Waals surface area contributed by atoms with Crippen molar-refractivity contribution in [1.82, 2.24) is 5.32 Å². The fourth-order valence-corrected chi connectivity index (χ4v) is 2.80. The first kappa shape index (κ1) is 18.8. The lowest BCUT2D eigenvalue weighted by Crippen LogP contribution is -2.38. The number of ether oxygens (including phenoxy) is 2. The summed E-state index contributed by atoms with van der Waals surface area (Å²) in [6, 6.07) is 13.7. The van der Waals surface area contributed by atoms with E-state index in [-0.39, 0.29) is 11.9 Å². The summed E-state index contributed by atoms with van der Waals surface area (Å²) in [7, 11) is 1.64. The molecule has 0 saturated carbocycles. The zero-order chi connectivity index (χ0) is 18.4. The first-order valence-electron chi connectivity index (χ1n) is 8.62. The van der Waals surface area contributed by atoms with Gasteiger partial charge in [0.15, 0.2) is 6.10 Å². The minimum Gasteiger partial charge on any atom is -0.497 e. The van der Waals surface area contributed by atoms with Gasteiger partial charge in [-0.15, -0.1) is 0 Å². The number of amides is 1. The normalized spacial score (nSPS) is 13.0. The van der Waals surface area contributed by atoms with Gasteiger partial charge < -0.3 is 14.8 Å². The average Bonchev–Trinajstić information content (AvgIpc) is 2.58. The fraction of sp³-hybridized carbons (Fsp3) is 0.381. The second-order valence-electron chi connectivity index (χ2n) is 6.33. The van der Waals surface area contributed by atoms with Crippen LogP contribution in [0.15, 0.2) is 42.5 Å². The molecule has 0 aliphatic rings. The quantitative estimate of drug-likeness (QED) is 0.814. The Bertz CT molecular complexity index is 689. The summed E-state index contributed by atoms with van der Waals surface area (Å²) in [6.45, 7) is 7.85. The summed E-state index contributed by atoms with van der Waals surface area (Å²) < 4.78 is 11.0. The molecule has 0 aliphatic carbocycles. The van der Waals surface area contributed by atoms with E-state index < -0.39 is 6.10 Å². The van der Waals surface area contributed by atoms with Crippen molar-refractivity contribution in [2.75, 3.05) is 7.11 Å². The van der Waals surface area contributed by atoms with Crippen molar-refractivity contribution in [1.29, 1.82) is 0 Å². The molecule has 0 unspecified atom stereocenters. The number of rotatable bonds is 7. The molecule has 2 aromatic carbocycles. The monoisotopic (exact) mass is 341 g/mol. The predicted molar refractivity (Wildman–Crippen MR) is 100 cm³/mol. The van der Waals surface area contributed by atoms with E-state index in [2.05, 4.69) is 11.4 Å². The lowest BCUT2D eigenvalue weighted by atomic mass is 10.0. The maximum absolute atomic E-state index is 12.5. The van der Waals surface area contributed by atoms with Gasteiger partial charge in [-0.2, -0.15) is 0 Å². The first-order chi connectivity index (χ1) is 11.9. The third-order valence-corrected chi connectivity index (χ3v) is 4.12. The van der Waals surface area contributed by atoms with E-state index in [1.54, 1.807) is 14.0 Å². The number of methoxy groups -OCH3 is 1. The highest BCUT2D eigenvalue weighted by Gasteiger charge is 2.19. The first-order valence-corrected chi connectivity index (χ1v) is 8.62. The van der Waals surface area contributed by atoms with Crippen LogP contribution in [0, 0.1) is 13.8 Å². The van der Waals surface area contributed by atoms with Gasteiger partial charge in [-0.1, -0.05) is 25.1 Å². The van der Waals surface area contributed by atoms with E-state index in [1.807, 2.05) is 57.2 Å². The fourth-order valence-electron chi connectivity index (χ4n) is 2.80. The van der Waals surface area contributed by atoms with Crippen molar-refractivity contribution in [2.24, 2.45) is 0 Å². The van der Waals surface area contributed by atoms with Crippen LogP contribution < -0.4 is 14.8 Å². The van der Waals surface area contributed by atoms with Crippen LogP contribution in [0.1, 0.15) is 43.0 Å². The minimum absolute atomic E-state index is 0.0521. The molecule has 25 heavy (non-hydrogen) atoms. The number of carbonyl (C=O) groups excluding carboxylic acids is 1. The number of hydrogen-bond donors (Lipinski definition) is 1. The van der Waals surface area contributed by atoms with Crippen LogP contribution in [0.5, 0.6) is 11.5 Å². The molecule has 0 fully saturated rings. The molecule has 134 valence electrons. The van der Waals surface area contributed by atoms with E-state index >= 15 is 0 Å². The zero-order valence-corrected chi connectivity index (χ0v) is 15.6. The molecule has 0 saturated heterocycles. The lowest BCUT2D eigenvalue weighted by Gasteiger charge is -2.21. The van der Waals surface area contributed by atoms with Crippen molar-refractivity contribution in [3.63, 3.8) is 0 Å². The summed E-state index contributed by atoms with van der Waals surface area (Å²) in [5, 5.41) is 3.06. The second-order valence-corrected chi connectivity index (χ2v) is 6.33. The molecule has 4 nitrogen and oxygen atoms in total. The summed E-state index contributed by atoms with van der Waals surface area (Å²) in [5.41, 5.74) is 3.29. The van der Waals surface area contributed by atoms with Crippen LogP contribution in [-0.2, 0) is 4.79 Å². The van der Waals surface area contributed by atoms with Crippen molar-refractivity contribution >= 4 is 5.91 Å². The van der Waals surface area contributed by atoms with Gasteiger partial charge in [0.25, 0.3) is 5.91 Å². The highest BCUT2D eigenvalue weighted by atomic mass is 16.5. The number of benzene rings is 2. The molecule has 1 N–H and O–H groups in total. The maximum Gasteiger partial charge on any atom is 0.261 e. The molecule has 2 aromatic rings. The van der Waals surface area contributed by atoms with E-state index in [9.17, 15) is 4.79 Å². The average molecular weight is 341 g/mol. The molecule has 0 heterocycles. The summed E-state index contributed by atoms with van der Waals surface area (Å²) in [4.78, 5) is 12.5. The predicted octanol–water partition coefficient (Wildman–Crippen LogP) is 4.35. The van der Waals surface area contributed by atoms with Gasteiger partial charge >= 0.3 is 0 Å².